The summed E-state index contributed by atoms with van der Waals surface area (Å²) in [6.45, 7) is 0.529. The highest BCUT2D eigenvalue weighted by Gasteiger charge is 2.04. The molecule has 17 heavy (non-hydrogen) atoms. The second-order valence-electron chi connectivity index (χ2n) is 3.31. The zero-order valence-electron chi connectivity index (χ0n) is 9.17. The molecule has 0 amide bonds. The fourth-order valence-corrected chi connectivity index (χ4v) is 1.55. The average molecular weight is 259 g/mol. The molecule has 0 atom stereocenters. The van der Waals surface area contributed by atoms with E-state index in [0.29, 0.717) is 12.4 Å². The van der Waals surface area contributed by atoms with Gasteiger partial charge < -0.3 is 10.4 Å². The number of hydrogen-bond acceptors (Lipinski definition) is 5. The number of sulfonamides is 1. The first kappa shape index (κ1) is 13.4. The number of carbonyl (C=O) groups is 1. The number of carboxylic acid groups (broad SMARTS) is 1. The zero-order chi connectivity index (χ0) is 12.9. The van der Waals surface area contributed by atoms with Crippen LogP contribution in [0.5, 0.6) is 0 Å². The Balaban J connectivity index is 2.47. The molecule has 3 N–H and O–H groups in total. The SMILES string of the molecule is CS(=O)(=O)NCCNc1cccc(C(=O)O)n1. The van der Waals surface area contributed by atoms with Crippen molar-refractivity contribution < 1.29 is 18.3 Å². The van der Waals surface area contributed by atoms with Crippen LogP contribution in [0.4, 0.5) is 5.82 Å². The molecule has 0 spiro atoms. The normalized spacial score (nSPS) is 11.1. The molecule has 7 nitrogen and oxygen atoms in total. The lowest BCUT2D eigenvalue weighted by molar-refractivity contribution is 0.0690. The van der Waals surface area contributed by atoms with E-state index < -0.39 is 16.0 Å². The average Bonchev–Trinajstić information content (AvgIpc) is 2.23. The Morgan fingerprint density at radius 2 is 2.12 bits per heavy atom. The summed E-state index contributed by atoms with van der Waals surface area (Å²) in [6.07, 6.45) is 1.07. The zero-order valence-corrected chi connectivity index (χ0v) is 9.99. The number of pyridine rings is 1. The van der Waals surface area contributed by atoms with Crippen molar-refractivity contribution in [3.05, 3.63) is 23.9 Å². The van der Waals surface area contributed by atoms with Crippen LogP contribution in [0.25, 0.3) is 0 Å². The summed E-state index contributed by atoms with van der Waals surface area (Å²) in [5.74, 6) is -0.719. The molecule has 1 rings (SSSR count). The van der Waals surface area contributed by atoms with E-state index in [1.165, 1.54) is 6.07 Å². The molecule has 0 radical (unpaired) electrons. The van der Waals surface area contributed by atoms with Crippen molar-refractivity contribution in [1.29, 1.82) is 0 Å². The molecule has 1 aromatic heterocycles. The molecule has 1 heterocycles. The lowest BCUT2D eigenvalue weighted by Gasteiger charge is -2.06. The topological polar surface area (TPSA) is 108 Å². The van der Waals surface area contributed by atoms with E-state index in [-0.39, 0.29) is 12.2 Å². The van der Waals surface area contributed by atoms with Gasteiger partial charge in [0.2, 0.25) is 10.0 Å². The fourth-order valence-electron chi connectivity index (χ4n) is 1.08. The van der Waals surface area contributed by atoms with Crippen molar-refractivity contribution in [3.63, 3.8) is 0 Å². The molecular weight excluding hydrogens is 246 g/mol. The Bertz CT molecular complexity index is 501. The highest BCUT2D eigenvalue weighted by molar-refractivity contribution is 7.88. The minimum absolute atomic E-state index is 0.0638. The summed E-state index contributed by atoms with van der Waals surface area (Å²) in [7, 11) is -3.20. The number of aromatic carboxylic acids is 1. The number of aromatic nitrogens is 1. The number of anilines is 1. The van der Waals surface area contributed by atoms with Gasteiger partial charge >= 0.3 is 5.97 Å². The minimum atomic E-state index is -3.20. The van der Waals surface area contributed by atoms with Gasteiger partial charge in [-0.3, -0.25) is 0 Å². The number of nitrogens with zero attached hydrogens (tertiary/aromatic N) is 1. The standard InChI is InChI=1S/C9H13N3O4S/c1-17(15,16)11-6-5-10-8-4-2-3-7(12-8)9(13)14/h2-4,11H,5-6H2,1H3,(H,10,12)(H,13,14). The summed E-state index contributed by atoms with van der Waals surface area (Å²) in [5, 5.41) is 11.5. The van der Waals surface area contributed by atoms with Crippen molar-refractivity contribution in [2.24, 2.45) is 0 Å². The highest BCUT2D eigenvalue weighted by Crippen LogP contribution is 2.03. The van der Waals surface area contributed by atoms with Crippen molar-refractivity contribution in [2.75, 3.05) is 24.7 Å². The van der Waals surface area contributed by atoms with Crippen molar-refractivity contribution >= 4 is 21.8 Å². The van der Waals surface area contributed by atoms with Crippen LogP contribution in [0.3, 0.4) is 0 Å². The van der Waals surface area contributed by atoms with Gasteiger partial charge in [0.25, 0.3) is 0 Å². The smallest absolute Gasteiger partial charge is 0.354 e. The lowest BCUT2D eigenvalue weighted by Crippen LogP contribution is -2.27. The van der Waals surface area contributed by atoms with Crippen LogP contribution in [-0.4, -0.2) is 43.8 Å². The van der Waals surface area contributed by atoms with Gasteiger partial charge in [-0.1, -0.05) is 6.07 Å². The van der Waals surface area contributed by atoms with Gasteiger partial charge in [0.1, 0.15) is 5.82 Å². The molecule has 0 aliphatic carbocycles. The molecule has 0 aromatic carbocycles. The van der Waals surface area contributed by atoms with E-state index in [1.807, 2.05) is 0 Å². The maximum atomic E-state index is 10.8. The summed E-state index contributed by atoms with van der Waals surface area (Å²) in [5.41, 5.74) is -0.0638. The maximum Gasteiger partial charge on any atom is 0.354 e. The molecule has 0 saturated heterocycles. The van der Waals surface area contributed by atoms with Crippen LogP contribution in [0.1, 0.15) is 10.5 Å². The van der Waals surface area contributed by atoms with Gasteiger partial charge in [0.15, 0.2) is 5.69 Å². The van der Waals surface area contributed by atoms with Crippen molar-refractivity contribution in [3.8, 4) is 0 Å². The third-order valence-electron chi connectivity index (χ3n) is 1.76. The molecule has 0 fully saturated rings. The Morgan fingerprint density at radius 1 is 1.41 bits per heavy atom. The maximum absolute atomic E-state index is 10.8. The second kappa shape index (κ2) is 5.60. The highest BCUT2D eigenvalue weighted by atomic mass is 32.2. The molecule has 0 aliphatic rings. The van der Waals surface area contributed by atoms with Crippen LogP contribution in [0.2, 0.25) is 0 Å². The molecule has 0 unspecified atom stereocenters. The number of hydrogen-bond donors (Lipinski definition) is 3. The molecular formula is C9H13N3O4S. The Morgan fingerprint density at radius 3 is 2.71 bits per heavy atom. The molecule has 1 aromatic rings. The van der Waals surface area contributed by atoms with Gasteiger partial charge in [-0.15, -0.1) is 0 Å². The largest absolute Gasteiger partial charge is 0.477 e. The fraction of sp³-hybridized carbons (Fsp3) is 0.333. The molecule has 0 bridgehead atoms. The van der Waals surface area contributed by atoms with Crippen molar-refractivity contribution in [1.82, 2.24) is 9.71 Å². The van der Waals surface area contributed by atoms with Gasteiger partial charge in [-0.2, -0.15) is 0 Å². The first-order valence-corrected chi connectivity index (χ1v) is 6.66. The van der Waals surface area contributed by atoms with E-state index in [2.05, 4.69) is 15.0 Å². The Labute approximate surface area is 98.9 Å². The molecule has 8 heteroatoms. The van der Waals surface area contributed by atoms with Gasteiger partial charge in [0.05, 0.1) is 6.26 Å². The predicted octanol–water partition coefficient (Wildman–Crippen LogP) is -0.259. The van der Waals surface area contributed by atoms with Crippen LogP contribution in [0, 0.1) is 0 Å². The third-order valence-corrected chi connectivity index (χ3v) is 2.49. The van der Waals surface area contributed by atoms with E-state index in [9.17, 15) is 13.2 Å². The Hall–Kier alpha value is -1.67. The summed E-state index contributed by atoms with van der Waals surface area (Å²) < 4.78 is 23.8. The second-order valence-corrected chi connectivity index (χ2v) is 5.14. The van der Waals surface area contributed by atoms with E-state index in [0.717, 1.165) is 6.26 Å². The summed E-state index contributed by atoms with van der Waals surface area (Å²) >= 11 is 0. The monoisotopic (exact) mass is 259 g/mol. The minimum Gasteiger partial charge on any atom is -0.477 e. The Kier molecular flexibility index (Phi) is 4.41. The summed E-state index contributed by atoms with van der Waals surface area (Å²) in [4.78, 5) is 14.5. The van der Waals surface area contributed by atoms with Crippen molar-refractivity contribution in [2.45, 2.75) is 0 Å². The van der Waals surface area contributed by atoms with Gasteiger partial charge in [-0.25, -0.2) is 22.9 Å². The molecule has 0 saturated carbocycles. The third kappa shape index (κ3) is 5.27. The number of rotatable bonds is 6. The first-order chi connectivity index (χ1) is 7.88. The number of carboxylic acids is 1. The molecule has 0 aliphatic heterocycles. The van der Waals surface area contributed by atoms with Crippen LogP contribution >= 0.6 is 0 Å². The van der Waals surface area contributed by atoms with Gasteiger partial charge in [-0.05, 0) is 12.1 Å². The van der Waals surface area contributed by atoms with E-state index in [4.69, 9.17) is 5.11 Å². The first-order valence-electron chi connectivity index (χ1n) is 4.77. The predicted molar refractivity (Wildman–Crippen MR) is 62.5 cm³/mol. The van der Waals surface area contributed by atoms with Gasteiger partial charge in [0, 0.05) is 13.1 Å². The molecule has 94 valence electrons. The quantitative estimate of drug-likeness (QED) is 0.607. The van der Waals surface area contributed by atoms with E-state index >= 15 is 0 Å². The van der Waals surface area contributed by atoms with Crippen LogP contribution in [0.15, 0.2) is 18.2 Å². The van der Waals surface area contributed by atoms with E-state index in [1.54, 1.807) is 12.1 Å². The summed E-state index contributed by atoms with van der Waals surface area (Å²) in [6, 6.07) is 4.54. The number of nitrogens with one attached hydrogen (secondary N) is 2. The van der Waals surface area contributed by atoms with Crippen LogP contribution < -0.4 is 10.0 Å². The van der Waals surface area contributed by atoms with Crippen LogP contribution in [-0.2, 0) is 10.0 Å². The lowest BCUT2D eigenvalue weighted by atomic mass is 10.3.